The van der Waals surface area contributed by atoms with E-state index in [1.807, 2.05) is 13.0 Å². The summed E-state index contributed by atoms with van der Waals surface area (Å²) in [6, 6.07) is 17.3. The van der Waals surface area contributed by atoms with E-state index >= 15 is 0 Å². The van der Waals surface area contributed by atoms with Crippen LogP contribution < -0.4 is 5.32 Å². The van der Waals surface area contributed by atoms with Crippen LogP contribution in [0.3, 0.4) is 0 Å². The molecule has 1 heterocycles. The van der Waals surface area contributed by atoms with Crippen molar-refractivity contribution in [2.75, 3.05) is 6.54 Å². The first-order chi connectivity index (χ1) is 14.1. The number of fused-ring (bicyclic) bond motifs is 1. The van der Waals surface area contributed by atoms with Gasteiger partial charge >= 0.3 is 0 Å². The Morgan fingerprint density at radius 3 is 2.66 bits per heavy atom. The number of rotatable bonds is 9. The van der Waals surface area contributed by atoms with Crippen LogP contribution in [-0.4, -0.2) is 22.0 Å². The lowest BCUT2D eigenvalue weighted by atomic mass is 9.97. The third-order valence-corrected chi connectivity index (χ3v) is 5.43. The van der Waals surface area contributed by atoms with E-state index in [4.69, 9.17) is 4.98 Å². The molecule has 4 heteroatoms. The van der Waals surface area contributed by atoms with E-state index in [9.17, 15) is 4.79 Å². The number of amides is 1. The topological polar surface area (TPSA) is 46.9 Å². The number of aromatic nitrogens is 2. The van der Waals surface area contributed by atoms with Gasteiger partial charge in [-0.15, -0.1) is 0 Å². The first-order valence-electron chi connectivity index (χ1n) is 10.6. The molecule has 1 amide bonds. The van der Waals surface area contributed by atoms with Crippen LogP contribution in [0.2, 0.25) is 0 Å². The van der Waals surface area contributed by atoms with Gasteiger partial charge in [-0.3, -0.25) is 4.79 Å². The summed E-state index contributed by atoms with van der Waals surface area (Å²) in [4.78, 5) is 16.4. The van der Waals surface area contributed by atoms with Crippen LogP contribution in [0.25, 0.3) is 11.0 Å². The second-order valence-corrected chi connectivity index (χ2v) is 7.55. The van der Waals surface area contributed by atoms with Gasteiger partial charge in [0.2, 0.25) is 5.91 Å². The van der Waals surface area contributed by atoms with Crippen molar-refractivity contribution < 1.29 is 4.79 Å². The number of aryl methyl sites for hydroxylation is 1. The average Bonchev–Trinajstić information content (AvgIpc) is 3.09. The molecule has 4 nitrogen and oxygen atoms in total. The van der Waals surface area contributed by atoms with Crippen LogP contribution in [0.15, 0.2) is 60.7 Å². The largest absolute Gasteiger partial charge is 0.353 e. The summed E-state index contributed by atoms with van der Waals surface area (Å²) in [6.45, 7) is 7.80. The zero-order valence-corrected chi connectivity index (χ0v) is 17.7. The second kappa shape index (κ2) is 10.1. The number of nitrogens with zero attached hydrogens (tertiary/aromatic N) is 2. The van der Waals surface area contributed by atoms with Gasteiger partial charge in [-0.25, -0.2) is 4.98 Å². The maximum atomic E-state index is 11.6. The summed E-state index contributed by atoms with van der Waals surface area (Å²) in [7, 11) is 0. The van der Waals surface area contributed by atoms with Crippen LogP contribution in [0, 0.1) is 0 Å². The summed E-state index contributed by atoms with van der Waals surface area (Å²) in [5.41, 5.74) is 4.86. The fourth-order valence-corrected chi connectivity index (χ4v) is 3.53. The Bertz CT molecular complexity index is 969. The molecule has 0 saturated heterocycles. The molecule has 1 N–H and O–H groups in total. The Morgan fingerprint density at radius 2 is 1.93 bits per heavy atom. The molecule has 0 radical (unpaired) electrons. The van der Waals surface area contributed by atoms with Crippen molar-refractivity contribution >= 4 is 16.9 Å². The van der Waals surface area contributed by atoms with Crippen molar-refractivity contribution in [3.8, 4) is 0 Å². The molecule has 0 aliphatic heterocycles. The Hall–Kier alpha value is -2.88. The Balaban J connectivity index is 1.75. The molecule has 3 aromatic rings. The van der Waals surface area contributed by atoms with Crippen molar-refractivity contribution in [1.82, 2.24) is 14.9 Å². The van der Waals surface area contributed by atoms with Gasteiger partial charge in [-0.05, 0) is 55.0 Å². The minimum Gasteiger partial charge on any atom is -0.353 e. The SMILES string of the molecule is C/C=C\C(=O)NCCCc1nc2ccccc2n1Cc1ccc(C(C)CC)cc1. The monoisotopic (exact) mass is 389 g/mol. The van der Waals surface area contributed by atoms with E-state index in [-0.39, 0.29) is 5.91 Å². The first kappa shape index (κ1) is 20.8. The molecule has 0 aliphatic carbocycles. The molecule has 152 valence electrons. The minimum absolute atomic E-state index is 0.0394. The van der Waals surface area contributed by atoms with Gasteiger partial charge in [-0.1, -0.05) is 56.3 Å². The highest BCUT2D eigenvalue weighted by atomic mass is 16.1. The smallest absolute Gasteiger partial charge is 0.243 e. The lowest BCUT2D eigenvalue weighted by Crippen LogP contribution is -2.22. The van der Waals surface area contributed by atoms with E-state index < -0.39 is 0 Å². The molecule has 29 heavy (non-hydrogen) atoms. The number of benzene rings is 2. The predicted octanol–water partition coefficient (Wildman–Crippen LogP) is 5.22. The molecular weight excluding hydrogens is 358 g/mol. The highest BCUT2D eigenvalue weighted by molar-refractivity contribution is 5.87. The third kappa shape index (κ3) is 5.35. The van der Waals surface area contributed by atoms with Crippen LogP contribution in [0.4, 0.5) is 0 Å². The van der Waals surface area contributed by atoms with Gasteiger partial charge in [0.1, 0.15) is 5.82 Å². The first-order valence-corrected chi connectivity index (χ1v) is 10.6. The number of hydrogen-bond donors (Lipinski definition) is 1. The molecule has 0 bridgehead atoms. The van der Waals surface area contributed by atoms with Crippen molar-refractivity contribution in [2.24, 2.45) is 0 Å². The standard InChI is InChI=1S/C25H31N3O/c1-4-9-25(29)26-17-8-12-24-27-22-10-6-7-11-23(22)28(24)18-20-13-15-21(16-14-20)19(3)5-2/h4,6-7,9-11,13-16,19H,5,8,12,17-18H2,1-3H3,(H,26,29)/b9-4-. The van der Waals surface area contributed by atoms with Gasteiger partial charge in [-0.2, -0.15) is 0 Å². The number of nitrogens with one attached hydrogen (secondary N) is 1. The molecule has 2 aromatic carbocycles. The average molecular weight is 390 g/mol. The van der Waals surface area contributed by atoms with Gasteiger partial charge in [0.05, 0.1) is 11.0 Å². The maximum absolute atomic E-state index is 11.6. The number of para-hydroxylation sites is 2. The van der Waals surface area contributed by atoms with E-state index in [1.165, 1.54) is 11.1 Å². The van der Waals surface area contributed by atoms with Gasteiger partial charge in [0, 0.05) is 19.5 Å². The maximum Gasteiger partial charge on any atom is 0.243 e. The van der Waals surface area contributed by atoms with E-state index in [1.54, 1.807) is 12.2 Å². The van der Waals surface area contributed by atoms with E-state index in [0.29, 0.717) is 12.5 Å². The third-order valence-electron chi connectivity index (χ3n) is 5.43. The van der Waals surface area contributed by atoms with Crippen molar-refractivity contribution in [1.29, 1.82) is 0 Å². The van der Waals surface area contributed by atoms with E-state index in [2.05, 4.69) is 66.2 Å². The number of imidazole rings is 1. The molecule has 3 rings (SSSR count). The summed E-state index contributed by atoms with van der Waals surface area (Å²) < 4.78 is 2.31. The summed E-state index contributed by atoms with van der Waals surface area (Å²) in [5.74, 6) is 1.62. The number of allylic oxidation sites excluding steroid dienone is 1. The lowest BCUT2D eigenvalue weighted by molar-refractivity contribution is -0.116. The fourth-order valence-electron chi connectivity index (χ4n) is 3.53. The Kier molecular flexibility index (Phi) is 7.23. The molecule has 1 atom stereocenters. The second-order valence-electron chi connectivity index (χ2n) is 7.55. The normalized spacial score (nSPS) is 12.5. The zero-order valence-electron chi connectivity index (χ0n) is 17.7. The number of hydrogen-bond acceptors (Lipinski definition) is 2. The van der Waals surface area contributed by atoms with Crippen LogP contribution in [0.5, 0.6) is 0 Å². The van der Waals surface area contributed by atoms with Crippen LogP contribution >= 0.6 is 0 Å². The lowest BCUT2D eigenvalue weighted by Gasteiger charge is -2.12. The quantitative estimate of drug-likeness (QED) is 0.403. The molecule has 0 aliphatic rings. The van der Waals surface area contributed by atoms with Gasteiger partial charge in [0.15, 0.2) is 0 Å². The van der Waals surface area contributed by atoms with Crippen molar-refractivity contribution in [3.05, 3.63) is 77.6 Å². The van der Waals surface area contributed by atoms with Crippen LogP contribution in [0.1, 0.15) is 56.5 Å². The summed E-state index contributed by atoms with van der Waals surface area (Å²) in [6.07, 6.45) is 6.15. The highest BCUT2D eigenvalue weighted by Crippen LogP contribution is 2.22. The minimum atomic E-state index is -0.0394. The Labute approximate surface area is 173 Å². The van der Waals surface area contributed by atoms with Gasteiger partial charge in [0.25, 0.3) is 0 Å². The molecule has 1 aromatic heterocycles. The van der Waals surface area contributed by atoms with Crippen molar-refractivity contribution in [3.63, 3.8) is 0 Å². The zero-order chi connectivity index (χ0) is 20.6. The molecule has 0 spiro atoms. The summed E-state index contributed by atoms with van der Waals surface area (Å²) >= 11 is 0. The Morgan fingerprint density at radius 1 is 1.17 bits per heavy atom. The molecule has 0 saturated carbocycles. The molecule has 0 fully saturated rings. The number of carbonyl (C=O) groups excluding carboxylic acids is 1. The molecule has 1 unspecified atom stereocenters. The fraction of sp³-hybridized carbons (Fsp3) is 0.360. The van der Waals surface area contributed by atoms with E-state index in [0.717, 1.165) is 42.7 Å². The molecular formula is C25H31N3O. The van der Waals surface area contributed by atoms with Crippen molar-refractivity contribution in [2.45, 2.75) is 52.5 Å². The summed E-state index contributed by atoms with van der Waals surface area (Å²) in [5, 5.41) is 2.92. The highest BCUT2D eigenvalue weighted by Gasteiger charge is 2.11. The van der Waals surface area contributed by atoms with Crippen LogP contribution in [-0.2, 0) is 17.8 Å². The number of carbonyl (C=O) groups is 1. The van der Waals surface area contributed by atoms with Gasteiger partial charge < -0.3 is 9.88 Å². The predicted molar refractivity (Wildman–Crippen MR) is 120 cm³/mol.